The lowest BCUT2D eigenvalue weighted by Crippen LogP contribution is -2.13. The van der Waals surface area contributed by atoms with Crippen molar-refractivity contribution in [2.45, 2.75) is 6.61 Å². The Balaban J connectivity index is 1.53. The van der Waals surface area contributed by atoms with Gasteiger partial charge in [-0.3, -0.25) is 10.1 Å². The van der Waals surface area contributed by atoms with Gasteiger partial charge in [0.2, 0.25) is 0 Å². The molecule has 33 heavy (non-hydrogen) atoms. The maximum absolute atomic E-state index is 13.0. The number of rotatable bonds is 7. The van der Waals surface area contributed by atoms with Crippen molar-refractivity contribution in [1.82, 2.24) is 20.6 Å². The Labute approximate surface area is 192 Å². The lowest BCUT2D eigenvalue weighted by molar-refractivity contribution is 0.102. The van der Waals surface area contributed by atoms with Crippen molar-refractivity contribution < 1.29 is 19.0 Å². The number of tetrazole rings is 1. The van der Waals surface area contributed by atoms with E-state index in [1.165, 1.54) is 11.3 Å². The normalized spacial score (nSPS) is 11.0. The Kier molecular flexibility index (Phi) is 5.49. The van der Waals surface area contributed by atoms with E-state index in [1.807, 2.05) is 30.3 Å². The van der Waals surface area contributed by atoms with E-state index in [9.17, 15) is 4.79 Å². The van der Waals surface area contributed by atoms with Gasteiger partial charge in [-0.25, -0.2) is 0 Å². The predicted octanol–water partition coefficient (Wildman–Crippen LogP) is 4.42. The number of nitrogens with zero attached hydrogens (tertiary/aromatic N) is 3. The number of nitrogens with one attached hydrogen (secondary N) is 2. The van der Waals surface area contributed by atoms with Crippen molar-refractivity contribution in [1.29, 1.82) is 0 Å². The smallest absolute Gasteiger partial charge is 0.272 e. The summed E-state index contributed by atoms with van der Waals surface area (Å²) in [5, 5.41) is 19.0. The van der Waals surface area contributed by atoms with Gasteiger partial charge in [-0.1, -0.05) is 41.5 Å². The van der Waals surface area contributed by atoms with Crippen LogP contribution in [0.5, 0.6) is 17.2 Å². The molecule has 2 heterocycles. The predicted molar refractivity (Wildman–Crippen MR) is 125 cm³/mol. The van der Waals surface area contributed by atoms with Gasteiger partial charge in [0.1, 0.15) is 11.5 Å². The van der Waals surface area contributed by atoms with E-state index in [0.717, 1.165) is 26.4 Å². The van der Waals surface area contributed by atoms with Crippen molar-refractivity contribution in [3.05, 3.63) is 65.0 Å². The van der Waals surface area contributed by atoms with Gasteiger partial charge in [0.15, 0.2) is 17.2 Å². The highest BCUT2D eigenvalue weighted by molar-refractivity contribution is 7.21. The first kappa shape index (κ1) is 20.7. The molecule has 0 saturated carbocycles. The highest BCUT2D eigenvalue weighted by atomic mass is 32.1. The minimum Gasteiger partial charge on any atom is -0.493 e. The van der Waals surface area contributed by atoms with Crippen LogP contribution < -0.4 is 19.5 Å². The number of thiophene rings is 1. The zero-order valence-electron chi connectivity index (χ0n) is 17.8. The summed E-state index contributed by atoms with van der Waals surface area (Å²) in [4.78, 5) is 13.4. The van der Waals surface area contributed by atoms with Crippen LogP contribution in [0.3, 0.4) is 0 Å². The molecule has 166 valence electrons. The molecule has 3 aromatic carbocycles. The van der Waals surface area contributed by atoms with Crippen LogP contribution in [0.25, 0.3) is 20.9 Å². The minimum atomic E-state index is -0.399. The Morgan fingerprint density at radius 3 is 2.58 bits per heavy atom. The van der Waals surface area contributed by atoms with Gasteiger partial charge >= 0.3 is 0 Å². The lowest BCUT2D eigenvalue weighted by Gasteiger charge is -2.10. The molecular weight excluding hydrogens is 442 g/mol. The largest absolute Gasteiger partial charge is 0.493 e. The molecule has 2 aromatic heterocycles. The number of methoxy groups -OCH3 is 2. The third kappa shape index (κ3) is 4.03. The molecule has 5 aromatic rings. The molecule has 0 bridgehead atoms. The van der Waals surface area contributed by atoms with Crippen LogP contribution in [0.1, 0.15) is 15.2 Å². The summed E-state index contributed by atoms with van der Waals surface area (Å²) in [6.07, 6.45) is 0. The summed E-state index contributed by atoms with van der Waals surface area (Å²) in [5.74, 6) is 1.24. The van der Waals surface area contributed by atoms with Crippen LogP contribution in [-0.4, -0.2) is 40.8 Å². The lowest BCUT2D eigenvalue weighted by atomic mass is 10.1. The number of H-pyrrole nitrogens is 1. The topological polar surface area (TPSA) is 111 Å². The van der Waals surface area contributed by atoms with Crippen LogP contribution in [0.4, 0.5) is 5.95 Å². The standard InChI is InChI=1S/C23H19N5O4S/c1-30-17-10-16-19(11-18(17)31-2)33-21(22(29)24-23-25-27-28-26-23)20(16)32-12-13-7-8-14-5-3-4-6-15(14)9-13/h3-11H,12H2,1-2H3,(H2,24,25,26,27,28,29). The van der Waals surface area contributed by atoms with E-state index in [1.54, 1.807) is 14.2 Å². The number of benzene rings is 3. The summed E-state index contributed by atoms with van der Waals surface area (Å²) in [5.41, 5.74) is 0.984. The number of amides is 1. The van der Waals surface area contributed by atoms with E-state index in [4.69, 9.17) is 14.2 Å². The molecule has 0 atom stereocenters. The van der Waals surface area contributed by atoms with Crippen LogP contribution >= 0.6 is 11.3 Å². The third-order valence-corrected chi connectivity index (χ3v) is 6.26. The fraction of sp³-hybridized carbons (Fsp3) is 0.130. The molecule has 1 amide bonds. The third-order valence-electron chi connectivity index (χ3n) is 5.12. The van der Waals surface area contributed by atoms with Crippen LogP contribution in [0.2, 0.25) is 0 Å². The fourth-order valence-electron chi connectivity index (χ4n) is 3.55. The molecule has 0 aliphatic carbocycles. The second-order valence-electron chi connectivity index (χ2n) is 7.12. The highest BCUT2D eigenvalue weighted by Crippen LogP contribution is 2.44. The van der Waals surface area contributed by atoms with Gasteiger partial charge in [0.25, 0.3) is 11.9 Å². The number of fused-ring (bicyclic) bond motifs is 2. The van der Waals surface area contributed by atoms with E-state index in [2.05, 4.69) is 50.2 Å². The average molecular weight is 462 g/mol. The molecule has 0 unspecified atom stereocenters. The van der Waals surface area contributed by atoms with Crippen LogP contribution in [0.15, 0.2) is 54.6 Å². The molecule has 10 heteroatoms. The molecule has 2 N–H and O–H groups in total. The van der Waals surface area contributed by atoms with Gasteiger partial charge in [0.05, 0.1) is 14.2 Å². The first-order valence-corrected chi connectivity index (χ1v) is 10.8. The molecule has 0 fully saturated rings. The molecule has 0 spiro atoms. The molecule has 0 aliphatic heterocycles. The van der Waals surface area contributed by atoms with Crippen molar-refractivity contribution in [2.75, 3.05) is 19.5 Å². The van der Waals surface area contributed by atoms with Gasteiger partial charge in [0, 0.05) is 16.2 Å². The van der Waals surface area contributed by atoms with Crippen molar-refractivity contribution in [3.63, 3.8) is 0 Å². The van der Waals surface area contributed by atoms with Gasteiger partial charge in [-0.15, -0.1) is 16.4 Å². The summed E-state index contributed by atoms with van der Waals surface area (Å²) in [7, 11) is 3.13. The Bertz CT molecular complexity index is 1450. The number of carbonyl (C=O) groups is 1. The summed E-state index contributed by atoms with van der Waals surface area (Å²) in [6.45, 7) is 0.285. The summed E-state index contributed by atoms with van der Waals surface area (Å²) < 4.78 is 17.9. The Morgan fingerprint density at radius 1 is 1.03 bits per heavy atom. The number of aromatic amines is 1. The molecule has 5 rings (SSSR count). The van der Waals surface area contributed by atoms with E-state index in [-0.39, 0.29) is 12.6 Å². The van der Waals surface area contributed by atoms with Gasteiger partial charge < -0.3 is 14.2 Å². The van der Waals surface area contributed by atoms with Gasteiger partial charge in [-0.05, 0) is 33.7 Å². The van der Waals surface area contributed by atoms with Crippen LogP contribution in [0, 0.1) is 0 Å². The fourth-order valence-corrected chi connectivity index (χ4v) is 4.60. The maximum Gasteiger partial charge on any atom is 0.272 e. The first-order valence-electron chi connectivity index (χ1n) is 10.00. The van der Waals surface area contributed by atoms with E-state index < -0.39 is 5.91 Å². The molecule has 0 radical (unpaired) electrons. The summed E-state index contributed by atoms with van der Waals surface area (Å²) in [6, 6.07) is 17.9. The number of aromatic nitrogens is 4. The molecular formula is C23H19N5O4S. The Hall–Kier alpha value is -4.18. The molecule has 9 nitrogen and oxygen atoms in total. The average Bonchev–Trinajstić information content (AvgIpc) is 3.49. The molecule has 0 aliphatic rings. The van der Waals surface area contributed by atoms with Crippen molar-refractivity contribution in [3.8, 4) is 17.2 Å². The maximum atomic E-state index is 13.0. The zero-order chi connectivity index (χ0) is 22.8. The van der Waals surface area contributed by atoms with Crippen molar-refractivity contribution >= 4 is 44.1 Å². The number of anilines is 1. The monoisotopic (exact) mass is 461 g/mol. The Morgan fingerprint density at radius 2 is 1.82 bits per heavy atom. The number of ether oxygens (including phenoxy) is 3. The van der Waals surface area contributed by atoms with E-state index >= 15 is 0 Å². The second-order valence-corrected chi connectivity index (χ2v) is 8.18. The quantitative estimate of drug-likeness (QED) is 0.369. The van der Waals surface area contributed by atoms with Crippen molar-refractivity contribution in [2.24, 2.45) is 0 Å². The first-order chi connectivity index (χ1) is 16.2. The van der Waals surface area contributed by atoms with E-state index in [0.29, 0.717) is 22.1 Å². The van der Waals surface area contributed by atoms with Crippen LogP contribution in [-0.2, 0) is 6.61 Å². The van der Waals surface area contributed by atoms with Gasteiger partial charge in [-0.2, -0.15) is 5.21 Å². The number of hydrogen-bond acceptors (Lipinski definition) is 8. The SMILES string of the molecule is COc1cc2sc(C(=O)Nc3nn[nH]n3)c(OCc3ccc4ccccc4c3)c2cc1OC. The highest BCUT2D eigenvalue weighted by Gasteiger charge is 2.23. The number of carbonyl (C=O) groups excluding carboxylic acids is 1. The molecule has 0 saturated heterocycles. The second kappa shape index (κ2) is 8.75. The minimum absolute atomic E-state index is 0.0769. The number of hydrogen-bond donors (Lipinski definition) is 2. The zero-order valence-corrected chi connectivity index (χ0v) is 18.6. The summed E-state index contributed by atoms with van der Waals surface area (Å²) >= 11 is 1.28.